The standard InChI is InChI=1S/C14H15FN2O/c1-9-11(4-3-7-17-9)14(16)12-6-5-10(18-2)8-13(12)15/h3-8,14H,16H2,1-2H3. The average molecular weight is 246 g/mol. The van der Waals surface area contributed by atoms with Crippen molar-refractivity contribution in [2.75, 3.05) is 7.11 Å². The Labute approximate surface area is 105 Å². The summed E-state index contributed by atoms with van der Waals surface area (Å²) in [6, 6.07) is 7.81. The lowest BCUT2D eigenvalue weighted by molar-refractivity contribution is 0.410. The number of ether oxygens (including phenoxy) is 1. The molecule has 2 rings (SSSR count). The molecule has 94 valence electrons. The van der Waals surface area contributed by atoms with E-state index in [4.69, 9.17) is 10.5 Å². The number of halogens is 1. The summed E-state index contributed by atoms with van der Waals surface area (Å²) in [5.74, 6) is 0.108. The summed E-state index contributed by atoms with van der Waals surface area (Å²) in [6.45, 7) is 1.86. The van der Waals surface area contributed by atoms with E-state index in [-0.39, 0.29) is 5.82 Å². The van der Waals surface area contributed by atoms with Crippen LogP contribution in [0.1, 0.15) is 22.9 Å². The highest BCUT2D eigenvalue weighted by molar-refractivity contribution is 5.37. The Hall–Kier alpha value is -1.94. The van der Waals surface area contributed by atoms with Gasteiger partial charge in [0.1, 0.15) is 11.6 Å². The van der Waals surface area contributed by atoms with E-state index in [0.717, 1.165) is 11.3 Å². The van der Waals surface area contributed by atoms with Gasteiger partial charge >= 0.3 is 0 Å². The molecule has 0 aliphatic rings. The summed E-state index contributed by atoms with van der Waals surface area (Å²) in [5.41, 5.74) is 8.15. The summed E-state index contributed by atoms with van der Waals surface area (Å²) in [5, 5.41) is 0. The molecule has 0 aliphatic carbocycles. The Kier molecular flexibility index (Phi) is 3.58. The third kappa shape index (κ3) is 2.33. The van der Waals surface area contributed by atoms with Gasteiger partial charge in [0.05, 0.1) is 13.2 Å². The minimum atomic E-state index is -0.524. The van der Waals surface area contributed by atoms with Crippen molar-refractivity contribution in [3.8, 4) is 5.75 Å². The monoisotopic (exact) mass is 246 g/mol. The molecule has 2 aromatic rings. The van der Waals surface area contributed by atoms with Crippen molar-refractivity contribution in [1.82, 2.24) is 4.98 Å². The number of pyridine rings is 1. The van der Waals surface area contributed by atoms with E-state index in [1.807, 2.05) is 13.0 Å². The van der Waals surface area contributed by atoms with Gasteiger partial charge in [-0.3, -0.25) is 4.98 Å². The van der Waals surface area contributed by atoms with E-state index in [1.54, 1.807) is 24.4 Å². The minimum absolute atomic E-state index is 0.370. The molecule has 1 aromatic heterocycles. The van der Waals surface area contributed by atoms with Crippen LogP contribution < -0.4 is 10.5 Å². The fourth-order valence-corrected chi connectivity index (χ4v) is 1.88. The van der Waals surface area contributed by atoms with Gasteiger partial charge in [-0.05, 0) is 24.6 Å². The fraction of sp³-hybridized carbons (Fsp3) is 0.214. The molecule has 0 aliphatic heterocycles. The molecule has 2 N–H and O–H groups in total. The van der Waals surface area contributed by atoms with Gasteiger partial charge in [0, 0.05) is 23.5 Å². The molecule has 1 unspecified atom stereocenters. The third-order valence-corrected chi connectivity index (χ3v) is 2.93. The second-order valence-corrected chi connectivity index (χ2v) is 4.04. The Morgan fingerprint density at radius 2 is 2.06 bits per heavy atom. The molecule has 18 heavy (non-hydrogen) atoms. The van der Waals surface area contributed by atoms with Crippen molar-refractivity contribution in [1.29, 1.82) is 0 Å². The largest absolute Gasteiger partial charge is 0.497 e. The van der Waals surface area contributed by atoms with Crippen LogP contribution in [0.4, 0.5) is 4.39 Å². The Morgan fingerprint density at radius 1 is 1.28 bits per heavy atom. The zero-order valence-corrected chi connectivity index (χ0v) is 10.4. The molecular weight excluding hydrogens is 231 g/mol. The van der Waals surface area contributed by atoms with Crippen molar-refractivity contribution < 1.29 is 9.13 Å². The number of rotatable bonds is 3. The molecule has 1 atom stereocenters. The molecule has 0 saturated heterocycles. The molecule has 1 heterocycles. The van der Waals surface area contributed by atoms with Crippen molar-refractivity contribution >= 4 is 0 Å². The first-order chi connectivity index (χ1) is 8.63. The number of aryl methyl sites for hydroxylation is 1. The van der Waals surface area contributed by atoms with Crippen LogP contribution >= 0.6 is 0 Å². The number of hydrogen-bond acceptors (Lipinski definition) is 3. The van der Waals surface area contributed by atoms with Crippen LogP contribution in [-0.2, 0) is 0 Å². The molecule has 0 spiro atoms. The zero-order valence-electron chi connectivity index (χ0n) is 10.4. The van der Waals surface area contributed by atoms with Crippen LogP contribution in [-0.4, -0.2) is 12.1 Å². The fourth-order valence-electron chi connectivity index (χ4n) is 1.88. The smallest absolute Gasteiger partial charge is 0.132 e. The zero-order chi connectivity index (χ0) is 13.1. The predicted octanol–water partition coefficient (Wildman–Crippen LogP) is 2.59. The molecule has 0 radical (unpaired) electrons. The van der Waals surface area contributed by atoms with Gasteiger partial charge in [0.15, 0.2) is 0 Å². The maximum Gasteiger partial charge on any atom is 0.132 e. The number of aromatic nitrogens is 1. The summed E-state index contributed by atoms with van der Waals surface area (Å²) < 4.78 is 18.9. The second-order valence-electron chi connectivity index (χ2n) is 4.04. The number of benzene rings is 1. The summed E-state index contributed by atoms with van der Waals surface area (Å²) in [7, 11) is 1.50. The first-order valence-corrected chi connectivity index (χ1v) is 5.64. The first kappa shape index (κ1) is 12.5. The quantitative estimate of drug-likeness (QED) is 0.905. The van der Waals surface area contributed by atoms with Crippen molar-refractivity contribution in [3.05, 3.63) is 59.2 Å². The summed E-state index contributed by atoms with van der Waals surface area (Å²) in [6.07, 6.45) is 1.69. The molecular formula is C14H15FN2O. The van der Waals surface area contributed by atoms with E-state index in [2.05, 4.69) is 4.98 Å². The molecule has 1 aromatic carbocycles. The van der Waals surface area contributed by atoms with E-state index in [1.165, 1.54) is 13.2 Å². The van der Waals surface area contributed by atoms with Crippen molar-refractivity contribution in [3.63, 3.8) is 0 Å². The van der Waals surface area contributed by atoms with Crippen LogP contribution in [0.25, 0.3) is 0 Å². The lowest BCUT2D eigenvalue weighted by Gasteiger charge is -2.15. The highest BCUT2D eigenvalue weighted by atomic mass is 19.1. The number of nitrogens with two attached hydrogens (primary N) is 1. The van der Waals surface area contributed by atoms with E-state index < -0.39 is 6.04 Å². The van der Waals surface area contributed by atoms with Gasteiger partial charge in [0.25, 0.3) is 0 Å². The SMILES string of the molecule is COc1ccc(C(N)c2cccnc2C)c(F)c1. The van der Waals surface area contributed by atoms with E-state index >= 15 is 0 Å². The summed E-state index contributed by atoms with van der Waals surface area (Å²) in [4.78, 5) is 4.16. The van der Waals surface area contributed by atoms with E-state index in [0.29, 0.717) is 11.3 Å². The van der Waals surface area contributed by atoms with Crippen LogP contribution in [0.15, 0.2) is 36.5 Å². The van der Waals surface area contributed by atoms with Gasteiger partial charge in [-0.2, -0.15) is 0 Å². The average Bonchev–Trinajstić information content (AvgIpc) is 2.38. The van der Waals surface area contributed by atoms with Crippen molar-refractivity contribution in [2.24, 2.45) is 5.73 Å². The minimum Gasteiger partial charge on any atom is -0.497 e. The normalized spacial score (nSPS) is 12.2. The van der Waals surface area contributed by atoms with Crippen LogP contribution in [0.3, 0.4) is 0 Å². The Bertz CT molecular complexity index is 557. The van der Waals surface area contributed by atoms with Crippen LogP contribution in [0.5, 0.6) is 5.75 Å². The van der Waals surface area contributed by atoms with Crippen molar-refractivity contribution in [2.45, 2.75) is 13.0 Å². The molecule has 3 nitrogen and oxygen atoms in total. The van der Waals surface area contributed by atoms with Gasteiger partial charge in [-0.1, -0.05) is 12.1 Å². The van der Waals surface area contributed by atoms with Gasteiger partial charge in [-0.25, -0.2) is 4.39 Å². The lowest BCUT2D eigenvalue weighted by atomic mass is 9.98. The van der Waals surface area contributed by atoms with Gasteiger partial charge in [-0.15, -0.1) is 0 Å². The molecule has 0 saturated carbocycles. The maximum atomic E-state index is 13.9. The molecule has 0 amide bonds. The second kappa shape index (κ2) is 5.14. The number of nitrogens with zero attached hydrogens (tertiary/aromatic N) is 1. The highest BCUT2D eigenvalue weighted by Crippen LogP contribution is 2.26. The maximum absolute atomic E-state index is 13.9. The number of methoxy groups -OCH3 is 1. The predicted molar refractivity (Wildman–Crippen MR) is 68.0 cm³/mol. The summed E-state index contributed by atoms with van der Waals surface area (Å²) >= 11 is 0. The first-order valence-electron chi connectivity index (χ1n) is 5.64. The van der Waals surface area contributed by atoms with Crippen LogP contribution in [0, 0.1) is 12.7 Å². The molecule has 4 heteroatoms. The lowest BCUT2D eigenvalue weighted by Crippen LogP contribution is -2.15. The van der Waals surface area contributed by atoms with Gasteiger partial charge < -0.3 is 10.5 Å². The third-order valence-electron chi connectivity index (χ3n) is 2.93. The Balaban J connectivity index is 2.40. The molecule has 0 fully saturated rings. The van der Waals surface area contributed by atoms with Gasteiger partial charge in [0.2, 0.25) is 0 Å². The van der Waals surface area contributed by atoms with Crippen LogP contribution in [0.2, 0.25) is 0 Å². The molecule has 0 bridgehead atoms. The van der Waals surface area contributed by atoms with E-state index in [9.17, 15) is 4.39 Å². The Morgan fingerprint density at radius 3 is 2.67 bits per heavy atom. The topological polar surface area (TPSA) is 48.1 Å². The highest BCUT2D eigenvalue weighted by Gasteiger charge is 2.16. The number of hydrogen-bond donors (Lipinski definition) is 1.